The van der Waals surface area contributed by atoms with E-state index in [1.54, 1.807) is 7.11 Å². The molecule has 0 bridgehead atoms. The van der Waals surface area contributed by atoms with Gasteiger partial charge in [-0.15, -0.1) is 0 Å². The summed E-state index contributed by atoms with van der Waals surface area (Å²) in [6, 6.07) is 26.0. The Balaban J connectivity index is 1.65. The van der Waals surface area contributed by atoms with Gasteiger partial charge in [0.25, 0.3) is 0 Å². The lowest BCUT2D eigenvalue weighted by Crippen LogP contribution is -1.92. The highest BCUT2D eigenvalue weighted by atomic mass is 16.5. The van der Waals surface area contributed by atoms with E-state index < -0.39 is 0 Å². The maximum atomic E-state index is 5.54. The molecular weight excluding hydrogens is 304 g/mol. The highest BCUT2D eigenvalue weighted by Crippen LogP contribution is 2.31. The molecule has 1 heteroatoms. The maximum Gasteiger partial charge on any atom is 0.126 e. The third-order valence-electron chi connectivity index (χ3n) is 4.62. The molecule has 0 aliphatic carbocycles. The first kappa shape index (κ1) is 17.3. The third-order valence-corrected chi connectivity index (χ3v) is 4.62. The zero-order valence-electron chi connectivity index (χ0n) is 15.2. The van der Waals surface area contributed by atoms with E-state index in [1.807, 2.05) is 0 Å². The summed E-state index contributed by atoms with van der Waals surface area (Å²) in [6.45, 7) is 2.12. The molecule has 0 fully saturated rings. The molecule has 0 aliphatic rings. The molecule has 0 unspecified atom stereocenters. The van der Waals surface area contributed by atoms with Crippen molar-refractivity contribution < 1.29 is 4.74 Å². The molecular formula is C24H26O. The summed E-state index contributed by atoms with van der Waals surface area (Å²) in [4.78, 5) is 0. The third kappa shape index (κ3) is 4.73. The lowest BCUT2D eigenvalue weighted by atomic mass is 9.98. The van der Waals surface area contributed by atoms with Crippen LogP contribution < -0.4 is 4.74 Å². The second-order valence-corrected chi connectivity index (χ2v) is 6.60. The average Bonchev–Trinajstić information content (AvgIpc) is 2.66. The smallest absolute Gasteiger partial charge is 0.126 e. The second kappa shape index (κ2) is 8.53. The summed E-state index contributed by atoms with van der Waals surface area (Å²) in [5.74, 6) is 0.937. The Hall–Kier alpha value is -2.54. The quantitative estimate of drug-likeness (QED) is 0.466. The van der Waals surface area contributed by atoms with Gasteiger partial charge in [0, 0.05) is 5.56 Å². The van der Waals surface area contributed by atoms with E-state index in [9.17, 15) is 0 Å². The molecule has 25 heavy (non-hydrogen) atoms. The van der Waals surface area contributed by atoms with Crippen LogP contribution in [0.4, 0.5) is 0 Å². The number of aryl methyl sites for hydroxylation is 3. The van der Waals surface area contributed by atoms with E-state index in [2.05, 4.69) is 79.7 Å². The van der Waals surface area contributed by atoms with Gasteiger partial charge in [-0.1, -0.05) is 66.2 Å². The van der Waals surface area contributed by atoms with Crippen LogP contribution in [0.5, 0.6) is 5.75 Å². The van der Waals surface area contributed by atoms with E-state index in [-0.39, 0.29) is 0 Å². The Kier molecular flexibility index (Phi) is 5.90. The molecule has 0 aliphatic heterocycles. The number of methoxy groups -OCH3 is 1. The van der Waals surface area contributed by atoms with Crippen molar-refractivity contribution in [3.05, 3.63) is 89.5 Å². The molecule has 128 valence electrons. The van der Waals surface area contributed by atoms with Gasteiger partial charge in [0.2, 0.25) is 0 Å². The molecule has 0 N–H and O–H groups in total. The van der Waals surface area contributed by atoms with Gasteiger partial charge >= 0.3 is 0 Å². The number of unbranched alkanes of at least 4 members (excludes halogenated alkanes) is 1. The van der Waals surface area contributed by atoms with Gasteiger partial charge in [0.1, 0.15) is 5.75 Å². The minimum atomic E-state index is 0.937. The fourth-order valence-corrected chi connectivity index (χ4v) is 3.24. The van der Waals surface area contributed by atoms with Gasteiger partial charge in [-0.3, -0.25) is 0 Å². The molecule has 0 aromatic heterocycles. The monoisotopic (exact) mass is 330 g/mol. The lowest BCUT2D eigenvalue weighted by Gasteiger charge is -2.11. The molecule has 0 heterocycles. The van der Waals surface area contributed by atoms with Crippen molar-refractivity contribution in [2.75, 3.05) is 7.11 Å². The maximum absolute atomic E-state index is 5.54. The Morgan fingerprint density at radius 2 is 1.44 bits per heavy atom. The fourth-order valence-electron chi connectivity index (χ4n) is 3.24. The van der Waals surface area contributed by atoms with Crippen molar-refractivity contribution in [2.45, 2.75) is 32.6 Å². The van der Waals surface area contributed by atoms with Crippen molar-refractivity contribution >= 4 is 0 Å². The standard InChI is InChI=1S/C24H26O/c1-19-15-16-24(25-2)23(17-19)22-14-8-13-21(18-22)12-7-6-11-20-9-4-3-5-10-20/h3-5,8-10,13-18H,6-7,11-12H2,1-2H3. The topological polar surface area (TPSA) is 9.23 Å². The number of benzene rings is 3. The fraction of sp³-hybridized carbons (Fsp3) is 0.250. The Labute approximate surface area is 151 Å². The van der Waals surface area contributed by atoms with E-state index in [1.165, 1.54) is 40.7 Å². The second-order valence-electron chi connectivity index (χ2n) is 6.60. The van der Waals surface area contributed by atoms with Crippen LogP contribution in [0, 0.1) is 6.92 Å². The first-order valence-corrected chi connectivity index (χ1v) is 9.04. The SMILES string of the molecule is COc1ccc(C)cc1-c1cccc(CCCCc2ccccc2)c1. The summed E-state index contributed by atoms with van der Waals surface area (Å²) in [7, 11) is 1.74. The Morgan fingerprint density at radius 3 is 2.20 bits per heavy atom. The minimum absolute atomic E-state index is 0.937. The van der Waals surface area contributed by atoms with Crippen molar-refractivity contribution in [1.29, 1.82) is 0 Å². The Bertz CT molecular complexity index is 805. The van der Waals surface area contributed by atoms with Gasteiger partial charge in [-0.05, 0) is 61.4 Å². The average molecular weight is 330 g/mol. The van der Waals surface area contributed by atoms with Crippen LogP contribution in [-0.2, 0) is 12.8 Å². The summed E-state index contributed by atoms with van der Waals surface area (Å²) < 4.78 is 5.54. The first-order valence-electron chi connectivity index (χ1n) is 9.04. The number of hydrogen-bond acceptors (Lipinski definition) is 1. The van der Waals surface area contributed by atoms with Gasteiger partial charge in [0.15, 0.2) is 0 Å². The molecule has 3 aromatic rings. The lowest BCUT2D eigenvalue weighted by molar-refractivity contribution is 0.416. The van der Waals surface area contributed by atoms with Gasteiger partial charge < -0.3 is 4.74 Å². The van der Waals surface area contributed by atoms with Crippen LogP contribution in [-0.4, -0.2) is 7.11 Å². The van der Waals surface area contributed by atoms with Crippen LogP contribution in [0.1, 0.15) is 29.5 Å². The summed E-state index contributed by atoms with van der Waals surface area (Å²) >= 11 is 0. The number of ether oxygens (including phenoxy) is 1. The normalized spacial score (nSPS) is 10.6. The predicted octanol–water partition coefficient (Wildman–Crippen LogP) is 6.24. The highest BCUT2D eigenvalue weighted by molar-refractivity contribution is 5.71. The zero-order chi connectivity index (χ0) is 17.5. The molecule has 1 nitrogen and oxygen atoms in total. The highest BCUT2D eigenvalue weighted by Gasteiger charge is 2.07. The van der Waals surface area contributed by atoms with E-state index in [4.69, 9.17) is 4.74 Å². The summed E-state index contributed by atoms with van der Waals surface area (Å²) in [6.07, 6.45) is 4.71. The van der Waals surface area contributed by atoms with Crippen molar-refractivity contribution in [1.82, 2.24) is 0 Å². The minimum Gasteiger partial charge on any atom is -0.496 e. The Morgan fingerprint density at radius 1 is 0.720 bits per heavy atom. The number of hydrogen-bond donors (Lipinski definition) is 0. The van der Waals surface area contributed by atoms with Crippen molar-refractivity contribution in [3.63, 3.8) is 0 Å². The van der Waals surface area contributed by atoms with Crippen LogP contribution >= 0.6 is 0 Å². The zero-order valence-corrected chi connectivity index (χ0v) is 15.2. The molecule has 0 saturated carbocycles. The molecule has 0 atom stereocenters. The van der Waals surface area contributed by atoms with Crippen LogP contribution in [0.2, 0.25) is 0 Å². The molecule has 0 spiro atoms. The molecule has 3 aromatic carbocycles. The van der Waals surface area contributed by atoms with Gasteiger partial charge in [-0.2, -0.15) is 0 Å². The van der Waals surface area contributed by atoms with E-state index in [0.29, 0.717) is 0 Å². The van der Waals surface area contributed by atoms with Gasteiger partial charge in [0.05, 0.1) is 7.11 Å². The predicted molar refractivity (Wildman–Crippen MR) is 106 cm³/mol. The van der Waals surface area contributed by atoms with E-state index >= 15 is 0 Å². The van der Waals surface area contributed by atoms with Crippen molar-refractivity contribution in [3.8, 4) is 16.9 Å². The van der Waals surface area contributed by atoms with Crippen LogP contribution in [0.25, 0.3) is 11.1 Å². The molecule has 0 saturated heterocycles. The van der Waals surface area contributed by atoms with Crippen LogP contribution in [0.3, 0.4) is 0 Å². The molecule has 0 radical (unpaired) electrons. The summed E-state index contributed by atoms with van der Waals surface area (Å²) in [5.41, 5.74) is 6.49. The molecule has 0 amide bonds. The van der Waals surface area contributed by atoms with E-state index in [0.717, 1.165) is 18.6 Å². The van der Waals surface area contributed by atoms with Crippen LogP contribution in [0.15, 0.2) is 72.8 Å². The largest absolute Gasteiger partial charge is 0.496 e. The number of rotatable bonds is 7. The van der Waals surface area contributed by atoms with Gasteiger partial charge in [-0.25, -0.2) is 0 Å². The summed E-state index contributed by atoms with van der Waals surface area (Å²) in [5, 5.41) is 0. The first-order chi connectivity index (χ1) is 12.3. The van der Waals surface area contributed by atoms with Crippen molar-refractivity contribution in [2.24, 2.45) is 0 Å². The molecule has 3 rings (SSSR count).